The van der Waals surface area contributed by atoms with Gasteiger partial charge in [-0.1, -0.05) is 48.6 Å². The largest absolute Gasteiger partial charge is 0.280 e. The smallest absolute Gasteiger partial charge is 0.232 e. The summed E-state index contributed by atoms with van der Waals surface area (Å²) in [7, 11) is 0. The van der Waals surface area contributed by atoms with Crippen LogP contribution in [-0.2, 0) is 0 Å². The van der Waals surface area contributed by atoms with Crippen LogP contribution in [0.5, 0.6) is 0 Å². The van der Waals surface area contributed by atoms with E-state index in [-0.39, 0.29) is 11.8 Å². The highest BCUT2D eigenvalue weighted by Crippen LogP contribution is 2.44. The van der Waals surface area contributed by atoms with E-state index in [0.29, 0.717) is 24.7 Å². The molecular formula is C34H34N2O2. The van der Waals surface area contributed by atoms with Crippen LogP contribution in [0, 0.1) is 25.7 Å². The molecule has 2 aliphatic heterocycles. The first-order chi connectivity index (χ1) is 18.5. The molecule has 0 saturated carbocycles. The van der Waals surface area contributed by atoms with Crippen LogP contribution < -0.4 is 0 Å². The van der Waals surface area contributed by atoms with Gasteiger partial charge in [-0.25, -0.2) is 0 Å². The van der Waals surface area contributed by atoms with E-state index in [4.69, 9.17) is 0 Å². The highest BCUT2D eigenvalue weighted by atomic mass is 16.2. The van der Waals surface area contributed by atoms with Gasteiger partial charge in [-0.15, -0.1) is 0 Å². The van der Waals surface area contributed by atoms with Crippen LogP contribution >= 0.6 is 0 Å². The minimum Gasteiger partial charge on any atom is -0.280 e. The monoisotopic (exact) mass is 502 g/mol. The van der Waals surface area contributed by atoms with Crippen molar-refractivity contribution in [2.75, 3.05) is 0 Å². The lowest BCUT2D eigenvalue weighted by Crippen LogP contribution is -2.26. The summed E-state index contributed by atoms with van der Waals surface area (Å²) >= 11 is 0. The number of fused-ring (bicyclic) bond motifs is 10. The number of benzene rings is 2. The molecule has 2 aromatic heterocycles. The molecule has 4 nitrogen and oxygen atoms in total. The zero-order chi connectivity index (χ0) is 26.0. The molecule has 0 N–H and O–H groups in total. The Bertz CT molecular complexity index is 1570. The molecule has 0 radical (unpaired) electrons. The fourth-order valence-corrected chi connectivity index (χ4v) is 7.51. The number of aromatic nitrogens is 2. The van der Waals surface area contributed by atoms with Crippen LogP contribution in [-0.4, -0.2) is 20.9 Å². The van der Waals surface area contributed by atoms with Crippen molar-refractivity contribution in [3.05, 3.63) is 83.2 Å². The number of hydrogen-bond donors (Lipinski definition) is 0. The molecule has 0 unspecified atom stereocenters. The summed E-state index contributed by atoms with van der Waals surface area (Å²) in [6, 6.07) is 16.5. The number of carbonyl (C=O) groups excluding carboxylic acids is 2. The Hall–Kier alpha value is -3.66. The van der Waals surface area contributed by atoms with Gasteiger partial charge in [0.15, 0.2) is 0 Å². The lowest BCUT2D eigenvalue weighted by atomic mass is 9.80. The number of allylic oxidation sites excluding steroid dienone is 4. The lowest BCUT2D eigenvalue weighted by molar-refractivity contribution is 0.0873. The van der Waals surface area contributed by atoms with E-state index in [1.807, 2.05) is 21.3 Å². The minimum atomic E-state index is 0.267. The quantitative estimate of drug-likeness (QED) is 0.242. The standard InChI is InChI=1S/2C17H17NO/c2*1-11-13-7-4-5-9-15(13)18-16(19)10-12-6-2-3-8-14(12)17(11)18/h2*4-5,7-9,12H,2-3,6,10H2,1H3/t2*12-/m11/s1. The number of carbonyl (C=O) groups is 2. The molecule has 192 valence electrons. The Balaban J connectivity index is 0.000000127. The van der Waals surface area contributed by atoms with Crippen LogP contribution in [0.3, 0.4) is 0 Å². The molecule has 8 rings (SSSR count). The van der Waals surface area contributed by atoms with Crippen molar-refractivity contribution in [1.29, 1.82) is 0 Å². The second-order valence-corrected chi connectivity index (χ2v) is 11.4. The summed E-state index contributed by atoms with van der Waals surface area (Å²) in [6.45, 7) is 4.30. The van der Waals surface area contributed by atoms with Crippen LogP contribution in [0.2, 0.25) is 0 Å². The predicted octanol–water partition coefficient (Wildman–Crippen LogP) is 8.35. The third kappa shape index (κ3) is 3.42. The molecule has 4 heteroatoms. The topological polar surface area (TPSA) is 44.0 Å². The van der Waals surface area contributed by atoms with Gasteiger partial charge in [0.2, 0.25) is 11.8 Å². The SMILES string of the molecule is Cc1c2n(c3ccccc13)C(=O)C[C@H]1CCCC=C21.Cc1c2n(c3ccccc13)C(=O)C[C@H]1CCCC=C21. The molecule has 4 aromatic rings. The van der Waals surface area contributed by atoms with Gasteiger partial charge in [0.05, 0.1) is 22.4 Å². The van der Waals surface area contributed by atoms with Gasteiger partial charge in [-0.2, -0.15) is 0 Å². The molecule has 4 heterocycles. The highest BCUT2D eigenvalue weighted by Gasteiger charge is 2.34. The van der Waals surface area contributed by atoms with E-state index in [1.165, 1.54) is 70.1 Å². The maximum atomic E-state index is 12.5. The van der Waals surface area contributed by atoms with Gasteiger partial charge < -0.3 is 0 Å². The third-order valence-corrected chi connectivity index (χ3v) is 9.26. The van der Waals surface area contributed by atoms with Crippen LogP contribution in [0.15, 0.2) is 60.7 Å². The van der Waals surface area contributed by atoms with Gasteiger partial charge in [0.25, 0.3) is 0 Å². The van der Waals surface area contributed by atoms with E-state index >= 15 is 0 Å². The molecule has 0 spiro atoms. The van der Waals surface area contributed by atoms with Crippen LogP contribution in [0.4, 0.5) is 0 Å². The number of rotatable bonds is 0. The first-order valence-corrected chi connectivity index (χ1v) is 14.2. The minimum absolute atomic E-state index is 0.267. The van der Waals surface area contributed by atoms with E-state index < -0.39 is 0 Å². The molecular weight excluding hydrogens is 468 g/mol. The predicted molar refractivity (Wildman–Crippen MR) is 154 cm³/mol. The van der Waals surface area contributed by atoms with Gasteiger partial charge in [-0.3, -0.25) is 18.7 Å². The first kappa shape index (κ1) is 23.5. The van der Waals surface area contributed by atoms with Crippen molar-refractivity contribution in [3.63, 3.8) is 0 Å². The zero-order valence-corrected chi connectivity index (χ0v) is 22.3. The maximum Gasteiger partial charge on any atom is 0.232 e. The van der Waals surface area contributed by atoms with E-state index in [0.717, 1.165) is 23.9 Å². The van der Waals surface area contributed by atoms with Crippen LogP contribution in [0.1, 0.15) is 83.5 Å². The summed E-state index contributed by atoms with van der Waals surface area (Å²) in [5.41, 5.74) is 9.88. The van der Waals surface area contributed by atoms with Gasteiger partial charge in [-0.05, 0) is 98.6 Å². The van der Waals surface area contributed by atoms with Crippen molar-refractivity contribution < 1.29 is 9.59 Å². The first-order valence-electron chi connectivity index (χ1n) is 14.2. The summed E-state index contributed by atoms with van der Waals surface area (Å²) in [5.74, 6) is 1.44. The molecule has 2 aromatic carbocycles. The number of hydrogen-bond acceptors (Lipinski definition) is 2. The Morgan fingerprint density at radius 1 is 0.632 bits per heavy atom. The van der Waals surface area contributed by atoms with E-state index in [2.05, 4.69) is 62.4 Å². The van der Waals surface area contributed by atoms with Crippen molar-refractivity contribution in [3.8, 4) is 0 Å². The second kappa shape index (κ2) is 8.97. The van der Waals surface area contributed by atoms with E-state index in [9.17, 15) is 9.59 Å². The maximum absolute atomic E-state index is 12.5. The molecule has 0 saturated heterocycles. The average Bonchev–Trinajstić information content (AvgIpc) is 3.42. The van der Waals surface area contributed by atoms with Crippen molar-refractivity contribution in [2.45, 2.75) is 65.2 Å². The van der Waals surface area contributed by atoms with Crippen molar-refractivity contribution in [2.24, 2.45) is 11.8 Å². The Labute approximate surface area is 223 Å². The second-order valence-electron chi connectivity index (χ2n) is 11.4. The zero-order valence-electron chi connectivity index (χ0n) is 22.3. The normalized spacial score (nSPS) is 22.1. The fourth-order valence-electron chi connectivity index (χ4n) is 7.51. The van der Waals surface area contributed by atoms with Gasteiger partial charge in [0, 0.05) is 23.6 Å². The summed E-state index contributed by atoms with van der Waals surface area (Å²) < 4.78 is 3.91. The molecule has 0 bridgehead atoms. The summed E-state index contributed by atoms with van der Waals surface area (Å²) in [6.07, 6.45) is 13.2. The Morgan fingerprint density at radius 2 is 1.05 bits per heavy atom. The number of aryl methyl sites for hydroxylation is 2. The molecule has 2 atom stereocenters. The van der Waals surface area contributed by atoms with E-state index in [1.54, 1.807) is 0 Å². The average molecular weight is 503 g/mol. The Morgan fingerprint density at radius 3 is 1.50 bits per heavy atom. The number of nitrogens with zero attached hydrogens (tertiary/aromatic N) is 2. The summed E-state index contributed by atoms with van der Waals surface area (Å²) in [4.78, 5) is 25.0. The van der Waals surface area contributed by atoms with Gasteiger partial charge >= 0.3 is 0 Å². The lowest BCUT2D eigenvalue weighted by Gasteiger charge is -2.30. The molecule has 38 heavy (non-hydrogen) atoms. The fraction of sp³-hybridized carbons (Fsp3) is 0.353. The number of para-hydroxylation sites is 2. The van der Waals surface area contributed by atoms with Crippen molar-refractivity contribution >= 4 is 44.8 Å². The molecule has 0 amide bonds. The van der Waals surface area contributed by atoms with Crippen LogP contribution in [0.25, 0.3) is 33.0 Å². The third-order valence-electron chi connectivity index (χ3n) is 9.26. The van der Waals surface area contributed by atoms with Gasteiger partial charge in [0.1, 0.15) is 0 Å². The molecule has 4 aliphatic rings. The molecule has 2 aliphatic carbocycles. The highest BCUT2D eigenvalue weighted by molar-refractivity contribution is 6.03. The van der Waals surface area contributed by atoms with Crippen molar-refractivity contribution in [1.82, 2.24) is 9.13 Å². The summed E-state index contributed by atoms with van der Waals surface area (Å²) in [5, 5.41) is 2.44. The Kier molecular flexibility index (Phi) is 5.54. The molecule has 0 fully saturated rings.